The lowest BCUT2D eigenvalue weighted by molar-refractivity contribution is -0.296. The summed E-state index contributed by atoms with van der Waals surface area (Å²) in [5.74, 6) is -2.10. The molecule has 0 saturated carbocycles. The molecule has 0 unspecified atom stereocenters. The zero-order chi connectivity index (χ0) is 30.0. The molecule has 0 aliphatic carbocycles. The number of hydrogen-bond donors (Lipinski definition) is 1. The molecule has 1 aliphatic heterocycles. The second-order valence-electron chi connectivity index (χ2n) is 9.76. The lowest BCUT2D eigenvalue weighted by atomic mass is 9.97. The van der Waals surface area contributed by atoms with Crippen molar-refractivity contribution >= 4 is 17.9 Å². The summed E-state index contributed by atoms with van der Waals surface area (Å²) in [7, 11) is 0. The summed E-state index contributed by atoms with van der Waals surface area (Å²) in [5.41, 5.74) is 1.57. The van der Waals surface area contributed by atoms with Gasteiger partial charge in [-0.1, -0.05) is 84.9 Å². The third-order valence-corrected chi connectivity index (χ3v) is 6.79. The van der Waals surface area contributed by atoms with Gasteiger partial charge in [0.15, 0.2) is 18.5 Å². The highest BCUT2D eigenvalue weighted by Gasteiger charge is 2.51. The van der Waals surface area contributed by atoms with Crippen LogP contribution in [-0.4, -0.2) is 60.3 Å². The molecular formula is C34H30O9. The van der Waals surface area contributed by atoms with Crippen molar-refractivity contribution in [3.8, 4) is 0 Å². The summed E-state index contributed by atoms with van der Waals surface area (Å²) in [6.45, 7) is -0.374. The van der Waals surface area contributed by atoms with E-state index >= 15 is 0 Å². The Labute approximate surface area is 248 Å². The summed E-state index contributed by atoms with van der Waals surface area (Å²) in [4.78, 5) is 39.3. The number of rotatable bonds is 10. The molecule has 4 aromatic rings. The highest BCUT2D eigenvalue weighted by Crippen LogP contribution is 2.30. The van der Waals surface area contributed by atoms with E-state index in [0.717, 1.165) is 5.56 Å². The van der Waals surface area contributed by atoms with Gasteiger partial charge >= 0.3 is 17.9 Å². The van der Waals surface area contributed by atoms with Crippen LogP contribution < -0.4 is 0 Å². The zero-order valence-electron chi connectivity index (χ0n) is 23.1. The van der Waals surface area contributed by atoms with Crippen LogP contribution in [0.3, 0.4) is 0 Å². The summed E-state index contributed by atoms with van der Waals surface area (Å²) < 4.78 is 29.1. The van der Waals surface area contributed by atoms with Gasteiger partial charge in [-0.2, -0.15) is 0 Å². The SMILES string of the molecule is O=C(OC[C@H]1O[C@@H](O)[C@H](OCc2ccccc2)[C@@H](OC(=O)c2ccccc2)[C@@H]1OC(=O)c1ccccc1)c1ccccc1. The third kappa shape index (κ3) is 7.72. The highest BCUT2D eigenvalue weighted by molar-refractivity contribution is 5.91. The van der Waals surface area contributed by atoms with E-state index in [0.29, 0.717) is 5.56 Å². The van der Waals surface area contributed by atoms with Gasteiger partial charge in [-0.05, 0) is 42.0 Å². The molecule has 1 fully saturated rings. The van der Waals surface area contributed by atoms with Crippen molar-refractivity contribution in [3.05, 3.63) is 144 Å². The molecule has 4 aromatic carbocycles. The molecule has 5 rings (SSSR count). The minimum atomic E-state index is -1.62. The lowest BCUT2D eigenvalue weighted by Gasteiger charge is -2.43. The van der Waals surface area contributed by atoms with Gasteiger partial charge in [-0.15, -0.1) is 0 Å². The highest BCUT2D eigenvalue weighted by atomic mass is 16.7. The fourth-order valence-corrected chi connectivity index (χ4v) is 4.60. The topological polar surface area (TPSA) is 118 Å². The molecule has 5 atom stereocenters. The van der Waals surface area contributed by atoms with Crippen molar-refractivity contribution < 1.29 is 43.2 Å². The summed E-state index contributed by atoms with van der Waals surface area (Å²) in [5, 5.41) is 11.1. The van der Waals surface area contributed by atoms with Crippen LogP contribution in [0, 0.1) is 0 Å². The van der Waals surface area contributed by atoms with Crippen LogP contribution in [0.2, 0.25) is 0 Å². The summed E-state index contributed by atoms with van der Waals surface area (Å²) >= 11 is 0. The molecule has 1 aliphatic rings. The van der Waals surface area contributed by atoms with E-state index in [1.165, 1.54) is 0 Å². The molecule has 1 N–H and O–H groups in total. The second kappa shape index (κ2) is 14.4. The van der Waals surface area contributed by atoms with Crippen LogP contribution in [0.1, 0.15) is 36.6 Å². The quantitative estimate of drug-likeness (QED) is 0.212. The Morgan fingerprint density at radius 1 is 0.581 bits per heavy atom. The summed E-state index contributed by atoms with van der Waals surface area (Å²) in [6, 6.07) is 34.0. The van der Waals surface area contributed by atoms with Crippen molar-refractivity contribution in [3.63, 3.8) is 0 Å². The van der Waals surface area contributed by atoms with Gasteiger partial charge in [-0.3, -0.25) is 0 Å². The van der Waals surface area contributed by atoms with Crippen molar-refractivity contribution in [1.29, 1.82) is 0 Å². The fraction of sp³-hybridized carbons (Fsp3) is 0.206. The van der Waals surface area contributed by atoms with Crippen LogP contribution in [0.15, 0.2) is 121 Å². The van der Waals surface area contributed by atoms with E-state index in [1.807, 2.05) is 30.3 Å². The number of esters is 3. The lowest BCUT2D eigenvalue weighted by Crippen LogP contribution is -2.62. The molecule has 0 aromatic heterocycles. The third-order valence-electron chi connectivity index (χ3n) is 6.79. The Morgan fingerprint density at radius 2 is 1.02 bits per heavy atom. The first-order valence-corrected chi connectivity index (χ1v) is 13.7. The van der Waals surface area contributed by atoms with Crippen LogP contribution in [0.25, 0.3) is 0 Å². The average molecular weight is 583 g/mol. The van der Waals surface area contributed by atoms with Crippen molar-refractivity contribution in [2.75, 3.05) is 6.61 Å². The zero-order valence-corrected chi connectivity index (χ0v) is 23.1. The van der Waals surface area contributed by atoms with Crippen molar-refractivity contribution in [2.24, 2.45) is 0 Å². The van der Waals surface area contributed by atoms with E-state index in [9.17, 15) is 19.5 Å². The molecule has 9 nitrogen and oxygen atoms in total. The van der Waals surface area contributed by atoms with Gasteiger partial charge in [0.1, 0.15) is 18.8 Å². The molecule has 9 heteroatoms. The first kappa shape index (κ1) is 29.7. The van der Waals surface area contributed by atoms with Gasteiger partial charge in [0.25, 0.3) is 0 Å². The predicted octanol–water partition coefficient (Wildman–Crippen LogP) is 4.60. The predicted molar refractivity (Wildman–Crippen MR) is 154 cm³/mol. The van der Waals surface area contributed by atoms with E-state index in [4.69, 9.17) is 23.7 Å². The van der Waals surface area contributed by atoms with E-state index in [2.05, 4.69) is 0 Å². The van der Waals surface area contributed by atoms with Gasteiger partial charge in [0.05, 0.1) is 23.3 Å². The van der Waals surface area contributed by atoms with Crippen LogP contribution in [0.5, 0.6) is 0 Å². The molecular weight excluding hydrogens is 552 g/mol. The molecule has 0 spiro atoms. The number of aliphatic hydroxyl groups excluding tert-OH is 1. The number of carbonyl (C=O) groups is 3. The van der Waals surface area contributed by atoms with Crippen LogP contribution >= 0.6 is 0 Å². The maximum Gasteiger partial charge on any atom is 0.338 e. The molecule has 220 valence electrons. The average Bonchev–Trinajstić information content (AvgIpc) is 3.06. The minimum Gasteiger partial charge on any atom is -0.459 e. The first-order chi connectivity index (χ1) is 21.0. The molecule has 1 saturated heterocycles. The van der Waals surface area contributed by atoms with E-state index in [1.54, 1.807) is 91.0 Å². The molecule has 0 bridgehead atoms. The Morgan fingerprint density at radius 3 is 1.53 bits per heavy atom. The Balaban J connectivity index is 1.45. The fourth-order valence-electron chi connectivity index (χ4n) is 4.60. The smallest absolute Gasteiger partial charge is 0.338 e. The molecule has 43 heavy (non-hydrogen) atoms. The van der Waals surface area contributed by atoms with Crippen molar-refractivity contribution in [2.45, 2.75) is 37.3 Å². The number of carbonyl (C=O) groups excluding carboxylic acids is 3. The van der Waals surface area contributed by atoms with Crippen molar-refractivity contribution in [1.82, 2.24) is 0 Å². The maximum atomic E-state index is 13.3. The van der Waals surface area contributed by atoms with Crippen LogP contribution in [-0.2, 0) is 30.3 Å². The number of aliphatic hydroxyl groups is 1. The Kier molecular flexibility index (Phi) is 9.91. The van der Waals surface area contributed by atoms with Crippen LogP contribution in [0.4, 0.5) is 0 Å². The van der Waals surface area contributed by atoms with Gasteiger partial charge in [0.2, 0.25) is 0 Å². The maximum absolute atomic E-state index is 13.3. The Bertz CT molecular complexity index is 1480. The van der Waals surface area contributed by atoms with Gasteiger partial charge in [-0.25, -0.2) is 14.4 Å². The van der Waals surface area contributed by atoms with E-state index in [-0.39, 0.29) is 17.7 Å². The second-order valence-corrected chi connectivity index (χ2v) is 9.76. The van der Waals surface area contributed by atoms with E-state index < -0.39 is 55.2 Å². The number of benzene rings is 4. The normalized spacial score (nSPS) is 21.4. The molecule has 1 heterocycles. The minimum absolute atomic E-state index is 0.0400. The van der Waals surface area contributed by atoms with Gasteiger partial charge < -0.3 is 28.8 Å². The number of hydrogen-bond acceptors (Lipinski definition) is 9. The first-order valence-electron chi connectivity index (χ1n) is 13.7. The molecule has 0 amide bonds. The van der Waals surface area contributed by atoms with Gasteiger partial charge in [0, 0.05) is 0 Å². The largest absolute Gasteiger partial charge is 0.459 e. The molecule has 0 radical (unpaired) electrons. The standard InChI is InChI=1S/C34H30O9/c35-31(24-15-7-2-8-16-24)40-22-27-28(42-32(36)25-17-9-3-10-18-25)29(43-33(37)26-19-11-4-12-20-26)30(34(38)41-27)39-21-23-13-5-1-6-14-23/h1-20,27-30,34,38H,21-22H2/t27-,28-,29+,30-,34-/m1/s1. The monoisotopic (exact) mass is 582 g/mol. The summed E-state index contributed by atoms with van der Waals surface area (Å²) in [6.07, 6.45) is -6.76. The Hall–Kier alpha value is -4.83. The number of ether oxygens (including phenoxy) is 5.